The Labute approximate surface area is 179 Å². The van der Waals surface area contributed by atoms with Crippen LogP contribution in [0.1, 0.15) is 47.6 Å². The van der Waals surface area contributed by atoms with Crippen molar-refractivity contribution in [2.24, 2.45) is 0 Å². The number of nitrogens with zero attached hydrogens (tertiary/aromatic N) is 5. The zero-order chi connectivity index (χ0) is 20.5. The molecule has 5 rings (SSSR count). The number of imidazole rings is 1. The van der Waals surface area contributed by atoms with Gasteiger partial charge in [0.1, 0.15) is 0 Å². The zero-order valence-electron chi connectivity index (χ0n) is 16.9. The lowest BCUT2D eigenvalue weighted by Gasteiger charge is -2.16. The van der Waals surface area contributed by atoms with E-state index in [1.165, 1.54) is 0 Å². The summed E-state index contributed by atoms with van der Waals surface area (Å²) in [4.78, 5) is 20.4. The highest BCUT2D eigenvalue weighted by Gasteiger charge is 2.26. The molecule has 0 spiro atoms. The van der Waals surface area contributed by atoms with Gasteiger partial charge in [0.05, 0.1) is 17.6 Å². The highest BCUT2D eigenvalue weighted by Crippen LogP contribution is 2.22. The van der Waals surface area contributed by atoms with E-state index in [1.807, 2.05) is 68.3 Å². The number of aromatic nitrogens is 4. The Balaban J connectivity index is 1.35. The van der Waals surface area contributed by atoms with Gasteiger partial charge in [-0.2, -0.15) is 5.10 Å². The second-order valence-electron chi connectivity index (χ2n) is 7.62. The molecule has 7 nitrogen and oxygen atoms in total. The van der Waals surface area contributed by atoms with Crippen molar-refractivity contribution >= 4 is 22.2 Å². The van der Waals surface area contributed by atoms with Crippen molar-refractivity contribution in [3.05, 3.63) is 71.3 Å². The number of thiazole rings is 1. The van der Waals surface area contributed by atoms with Crippen molar-refractivity contribution in [2.75, 3.05) is 13.1 Å². The third-order valence-corrected chi connectivity index (χ3v) is 6.41. The van der Waals surface area contributed by atoms with Gasteiger partial charge in [0.2, 0.25) is 0 Å². The predicted octanol–water partition coefficient (Wildman–Crippen LogP) is 3.67. The fourth-order valence-corrected chi connectivity index (χ4v) is 4.63. The molecular weight excluding hydrogens is 396 g/mol. The van der Waals surface area contributed by atoms with Crippen LogP contribution in [0.5, 0.6) is 0 Å². The maximum atomic E-state index is 13.0. The lowest BCUT2D eigenvalue weighted by Crippen LogP contribution is -2.30. The van der Waals surface area contributed by atoms with E-state index in [9.17, 15) is 4.79 Å². The Kier molecular flexibility index (Phi) is 5.10. The van der Waals surface area contributed by atoms with E-state index in [-0.39, 0.29) is 11.9 Å². The zero-order valence-corrected chi connectivity index (χ0v) is 17.7. The van der Waals surface area contributed by atoms with Gasteiger partial charge in [-0.15, -0.1) is 11.3 Å². The van der Waals surface area contributed by atoms with Gasteiger partial charge in [0, 0.05) is 49.0 Å². The molecule has 0 saturated carbocycles. The number of amides is 1. The van der Waals surface area contributed by atoms with E-state index < -0.39 is 0 Å². The van der Waals surface area contributed by atoms with Crippen LogP contribution < -0.4 is 5.32 Å². The van der Waals surface area contributed by atoms with E-state index in [4.69, 9.17) is 0 Å². The summed E-state index contributed by atoms with van der Waals surface area (Å²) in [7, 11) is 0. The quantitative estimate of drug-likeness (QED) is 0.517. The number of carbonyl (C=O) groups excluding carboxylic acids is 1. The molecule has 1 amide bonds. The molecule has 0 aliphatic carbocycles. The van der Waals surface area contributed by atoms with Crippen LogP contribution in [0.2, 0.25) is 0 Å². The monoisotopic (exact) mass is 420 g/mol. The molecule has 8 heteroatoms. The summed E-state index contributed by atoms with van der Waals surface area (Å²) in [5, 5.41) is 10.0. The van der Waals surface area contributed by atoms with Crippen molar-refractivity contribution in [1.29, 1.82) is 0 Å². The second kappa shape index (κ2) is 8.04. The van der Waals surface area contributed by atoms with Crippen LogP contribution >= 0.6 is 11.3 Å². The average molecular weight is 421 g/mol. The predicted molar refractivity (Wildman–Crippen MR) is 117 cm³/mol. The van der Waals surface area contributed by atoms with Gasteiger partial charge in [-0.25, -0.2) is 9.67 Å². The van der Waals surface area contributed by atoms with E-state index in [2.05, 4.69) is 22.3 Å². The molecular formula is C22H24N6OS. The average Bonchev–Trinajstić information content (AvgIpc) is 3.56. The van der Waals surface area contributed by atoms with Crippen molar-refractivity contribution in [1.82, 2.24) is 29.4 Å². The van der Waals surface area contributed by atoms with Gasteiger partial charge in [-0.1, -0.05) is 18.2 Å². The van der Waals surface area contributed by atoms with Crippen LogP contribution in [0.4, 0.5) is 0 Å². The number of rotatable bonds is 6. The topological polar surface area (TPSA) is 67.5 Å². The molecule has 4 heterocycles. The third kappa shape index (κ3) is 3.53. The van der Waals surface area contributed by atoms with E-state index >= 15 is 0 Å². The van der Waals surface area contributed by atoms with Crippen LogP contribution in [-0.4, -0.2) is 43.1 Å². The second-order valence-corrected chi connectivity index (χ2v) is 8.49. The van der Waals surface area contributed by atoms with Crippen LogP contribution in [0, 0.1) is 0 Å². The number of carbonyl (C=O) groups is 1. The Morgan fingerprint density at radius 3 is 2.83 bits per heavy atom. The first kappa shape index (κ1) is 19.0. The summed E-state index contributed by atoms with van der Waals surface area (Å²) < 4.78 is 3.91. The van der Waals surface area contributed by atoms with Crippen LogP contribution in [0.25, 0.3) is 10.6 Å². The Bertz CT molecular complexity index is 1150. The van der Waals surface area contributed by atoms with Crippen LogP contribution in [0.3, 0.4) is 0 Å². The summed E-state index contributed by atoms with van der Waals surface area (Å²) >= 11 is 1.55. The number of fused-ring (bicyclic) bond motifs is 1. The van der Waals surface area contributed by atoms with E-state index in [1.54, 1.807) is 11.3 Å². The lowest BCUT2D eigenvalue weighted by molar-refractivity contribution is 0.0786. The van der Waals surface area contributed by atoms with Crippen LogP contribution in [-0.2, 0) is 6.54 Å². The van der Waals surface area contributed by atoms with Crippen molar-refractivity contribution < 1.29 is 4.79 Å². The molecule has 1 aliphatic rings. The molecule has 1 atom stereocenters. The summed E-state index contributed by atoms with van der Waals surface area (Å²) in [6, 6.07) is 10.2. The van der Waals surface area contributed by atoms with Gasteiger partial charge in [-0.05, 0) is 31.9 Å². The summed E-state index contributed by atoms with van der Waals surface area (Å²) in [6.07, 6.45) is 8.06. The molecule has 1 saturated heterocycles. The lowest BCUT2D eigenvalue weighted by atomic mass is 10.2. The molecule has 0 radical (unpaired) electrons. The molecule has 154 valence electrons. The molecule has 4 aromatic rings. The molecule has 1 aliphatic heterocycles. The molecule has 0 bridgehead atoms. The number of nitrogens with one attached hydrogen (secondary N) is 1. The molecule has 1 aromatic carbocycles. The smallest absolute Gasteiger partial charge is 0.274 e. The minimum Gasteiger partial charge on any atom is -0.337 e. The number of likely N-dealkylation sites (tertiary alicyclic amines) is 1. The number of benzene rings is 1. The fraction of sp³-hybridized carbons (Fsp3) is 0.318. The molecule has 0 unspecified atom stereocenters. The van der Waals surface area contributed by atoms with Gasteiger partial charge in [-0.3, -0.25) is 9.20 Å². The van der Waals surface area contributed by atoms with E-state index in [0.29, 0.717) is 12.2 Å². The Morgan fingerprint density at radius 1 is 1.23 bits per heavy atom. The van der Waals surface area contributed by atoms with Crippen molar-refractivity contribution in [3.63, 3.8) is 0 Å². The van der Waals surface area contributed by atoms with Gasteiger partial charge < -0.3 is 10.2 Å². The van der Waals surface area contributed by atoms with Crippen LogP contribution in [0.15, 0.2) is 54.3 Å². The van der Waals surface area contributed by atoms with Gasteiger partial charge >= 0.3 is 0 Å². The summed E-state index contributed by atoms with van der Waals surface area (Å²) in [5.74, 6) is 0.0461. The highest BCUT2D eigenvalue weighted by atomic mass is 32.1. The number of hydrogen-bond donors (Lipinski definition) is 1. The first-order chi connectivity index (χ1) is 14.7. The largest absolute Gasteiger partial charge is 0.337 e. The molecule has 3 aromatic heterocycles. The Hall–Kier alpha value is -2.97. The highest BCUT2D eigenvalue weighted by molar-refractivity contribution is 7.15. The standard InChI is InChI=1S/C22H24N6OS/c1-16(17-13-24-28(15-17)18-7-3-2-4-8-18)23-14-19-20(21(29)26-9-5-6-10-26)25-22-27(19)11-12-30-22/h2-4,7-8,11-13,15-16,23H,5-6,9-10,14H2,1H3/t16-/m1/s1. The van der Waals surface area contributed by atoms with Gasteiger partial charge in [0.25, 0.3) is 5.91 Å². The van der Waals surface area contributed by atoms with E-state index in [0.717, 1.165) is 47.8 Å². The maximum absolute atomic E-state index is 13.0. The first-order valence-electron chi connectivity index (χ1n) is 10.3. The van der Waals surface area contributed by atoms with Gasteiger partial charge in [0.15, 0.2) is 10.7 Å². The fourth-order valence-electron chi connectivity index (χ4n) is 3.89. The minimum atomic E-state index is 0.0461. The minimum absolute atomic E-state index is 0.0461. The molecule has 1 N–H and O–H groups in total. The Morgan fingerprint density at radius 2 is 2.03 bits per heavy atom. The van der Waals surface area contributed by atoms with Crippen molar-refractivity contribution in [3.8, 4) is 5.69 Å². The SMILES string of the molecule is C[C@@H](NCc1c(C(=O)N2CCCC2)nc2sccn12)c1cnn(-c2ccccc2)c1. The normalized spacial score (nSPS) is 15.2. The third-order valence-electron chi connectivity index (χ3n) is 5.66. The number of hydrogen-bond acceptors (Lipinski definition) is 5. The summed E-state index contributed by atoms with van der Waals surface area (Å²) in [5.41, 5.74) is 3.62. The first-order valence-corrected chi connectivity index (χ1v) is 11.2. The maximum Gasteiger partial charge on any atom is 0.274 e. The number of para-hydroxylation sites is 1. The molecule has 1 fully saturated rings. The summed E-state index contributed by atoms with van der Waals surface area (Å²) in [6.45, 7) is 4.32. The molecule has 30 heavy (non-hydrogen) atoms. The van der Waals surface area contributed by atoms with Crippen molar-refractivity contribution in [2.45, 2.75) is 32.4 Å².